The van der Waals surface area contributed by atoms with Gasteiger partial charge in [0.1, 0.15) is 46.2 Å². The fourth-order valence-corrected chi connectivity index (χ4v) is 4.13. The monoisotopic (exact) mass is 465 g/mol. The van der Waals surface area contributed by atoms with Crippen LogP contribution in [-0.2, 0) is 16.0 Å². The summed E-state index contributed by atoms with van der Waals surface area (Å²) >= 11 is 0. The standard InChI is InChI=1S/C26H24FNO6/c1-15-7-12-20(34-15)23-22(24(29)21-18(32-2)5-4-6-19(21)33-3)25(30)26(31)28(23)14-13-16-8-10-17(27)11-9-16/h4-12,23,29H,13-14H2,1-3H3/b24-22+. The molecule has 176 valence electrons. The van der Waals surface area contributed by atoms with E-state index in [-0.39, 0.29) is 35.0 Å². The van der Waals surface area contributed by atoms with E-state index in [9.17, 15) is 19.1 Å². The van der Waals surface area contributed by atoms with Gasteiger partial charge >= 0.3 is 0 Å². The topological polar surface area (TPSA) is 89.2 Å². The highest BCUT2D eigenvalue weighted by Crippen LogP contribution is 2.43. The molecule has 2 aromatic carbocycles. The number of carbonyl (C=O) groups excluding carboxylic acids is 2. The molecule has 1 aliphatic heterocycles. The first-order valence-corrected chi connectivity index (χ1v) is 10.7. The van der Waals surface area contributed by atoms with Crippen LogP contribution < -0.4 is 9.47 Å². The van der Waals surface area contributed by atoms with Crippen molar-refractivity contribution < 1.29 is 33.0 Å². The molecule has 3 aromatic rings. The number of amides is 1. The molecule has 1 unspecified atom stereocenters. The van der Waals surface area contributed by atoms with Gasteiger partial charge in [-0.1, -0.05) is 18.2 Å². The quantitative estimate of drug-likeness (QED) is 0.316. The molecule has 0 saturated carbocycles. The van der Waals surface area contributed by atoms with Crippen LogP contribution in [0, 0.1) is 12.7 Å². The van der Waals surface area contributed by atoms with Crippen molar-refractivity contribution in [2.24, 2.45) is 0 Å². The van der Waals surface area contributed by atoms with Crippen molar-refractivity contribution in [2.45, 2.75) is 19.4 Å². The molecule has 7 nitrogen and oxygen atoms in total. The van der Waals surface area contributed by atoms with Gasteiger partial charge in [-0.3, -0.25) is 9.59 Å². The molecule has 1 aliphatic rings. The highest BCUT2D eigenvalue weighted by Gasteiger charge is 2.47. The largest absolute Gasteiger partial charge is 0.506 e. The number of methoxy groups -OCH3 is 2. The van der Waals surface area contributed by atoms with Gasteiger partial charge in [0.2, 0.25) is 0 Å². The van der Waals surface area contributed by atoms with Crippen molar-refractivity contribution in [3.63, 3.8) is 0 Å². The van der Waals surface area contributed by atoms with E-state index < -0.39 is 23.5 Å². The van der Waals surface area contributed by atoms with E-state index in [0.717, 1.165) is 5.56 Å². The molecule has 34 heavy (non-hydrogen) atoms. The number of rotatable bonds is 7. The molecule has 4 rings (SSSR count). The molecule has 0 radical (unpaired) electrons. The number of ether oxygens (including phenoxy) is 2. The van der Waals surface area contributed by atoms with Crippen LogP contribution in [0.5, 0.6) is 11.5 Å². The number of furan rings is 1. The molecule has 1 fully saturated rings. The van der Waals surface area contributed by atoms with Gasteiger partial charge in [0, 0.05) is 6.54 Å². The Hall–Kier alpha value is -4.07. The van der Waals surface area contributed by atoms with E-state index in [4.69, 9.17) is 13.9 Å². The number of hydrogen-bond donors (Lipinski definition) is 1. The first-order valence-electron chi connectivity index (χ1n) is 10.7. The van der Waals surface area contributed by atoms with Crippen LogP contribution in [0.25, 0.3) is 5.76 Å². The summed E-state index contributed by atoms with van der Waals surface area (Å²) in [7, 11) is 2.86. The number of Topliss-reactive ketones (excluding diaryl/α,β-unsaturated/α-hetero) is 1. The lowest BCUT2D eigenvalue weighted by atomic mass is 9.98. The molecule has 1 aromatic heterocycles. The zero-order valence-electron chi connectivity index (χ0n) is 19.0. The van der Waals surface area contributed by atoms with Crippen LogP contribution in [0.4, 0.5) is 4.39 Å². The lowest BCUT2D eigenvalue weighted by molar-refractivity contribution is -0.140. The van der Waals surface area contributed by atoms with E-state index in [1.807, 2.05) is 0 Å². The van der Waals surface area contributed by atoms with Crippen LogP contribution in [-0.4, -0.2) is 42.5 Å². The Morgan fingerprint density at radius 1 is 1.03 bits per heavy atom. The Balaban J connectivity index is 1.82. The summed E-state index contributed by atoms with van der Waals surface area (Å²) in [5, 5.41) is 11.3. The van der Waals surface area contributed by atoms with Gasteiger partial charge in [-0.25, -0.2) is 4.39 Å². The van der Waals surface area contributed by atoms with E-state index in [1.54, 1.807) is 49.4 Å². The molecule has 0 aliphatic carbocycles. The molecule has 8 heteroatoms. The summed E-state index contributed by atoms with van der Waals surface area (Å²) in [4.78, 5) is 27.6. The van der Waals surface area contributed by atoms with Crippen LogP contribution in [0.3, 0.4) is 0 Å². The number of ketones is 1. The van der Waals surface area contributed by atoms with E-state index in [0.29, 0.717) is 17.9 Å². The molecule has 1 amide bonds. The average molecular weight is 465 g/mol. The molecule has 1 atom stereocenters. The smallest absolute Gasteiger partial charge is 0.295 e. The Morgan fingerprint density at radius 3 is 2.24 bits per heavy atom. The average Bonchev–Trinajstić information content (AvgIpc) is 3.38. The summed E-state index contributed by atoms with van der Waals surface area (Å²) in [6.45, 7) is 1.90. The third kappa shape index (κ3) is 4.14. The maximum atomic E-state index is 13.3. The number of hydrogen-bond acceptors (Lipinski definition) is 6. The molecule has 0 spiro atoms. The number of aliphatic hydroxyl groups excluding tert-OH is 1. The summed E-state index contributed by atoms with van der Waals surface area (Å²) in [6, 6.07) is 13.3. The van der Waals surface area contributed by atoms with Crippen LogP contribution >= 0.6 is 0 Å². The lowest BCUT2D eigenvalue weighted by Crippen LogP contribution is -2.31. The molecule has 2 heterocycles. The van der Waals surface area contributed by atoms with Gasteiger partial charge < -0.3 is 23.9 Å². The van der Waals surface area contributed by atoms with Crippen molar-refractivity contribution in [3.05, 3.63) is 88.6 Å². The zero-order valence-corrected chi connectivity index (χ0v) is 19.0. The van der Waals surface area contributed by atoms with E-state index >= 15 is 0 Å². The minimum Gasteiger partial charge on any atom is -0.506 e. The van der Waals surface area contributed by atoms with Crippen molar-refractivity contribution >= 4 is 17.4 Å². The second-order valence-electron chi connectivity index (χ2n) is 7.85. The molecular weight excluding hydrogens is 441 g/mol. The Labute approximate surface area is 196 Å². The summed E-state index contributed by atoms with van der Waals surface area (Å²) < 4.78 is 29.8. The maximum Gasteiger partial charge on any atom is 0.295 e. The predicted octanol–water partition coefficient (Wildman–Crippen LogP) is 4.41. The summed E-state index contributed by atoms with van der Waals surface area (Å²) in [5.74, 6) is -0.898. The molecule has 1 saturated heterocycles. The van der Waals surface area contributed by atoms with Gasteiger partial charge in [0.05, 0.1) is 19.8 Å². The van der Waals surface area contributed by atoms with Crippen molar-refractivity contribution in [1.29, 1.82) is 0 Å². The van der Waals surface area contributed by atoms with Gasteiger partial charge in [0.15, 0.2) is 0 Å². The van der Waals surface area contributed by atoms with Crippen LogP contribution in [0.1, 0.15) is 28.7 Å². The summed E-state index contributed by atoms with van der Waals surface area (Å²) in [6.07, 6.45) is 0.376. The minimum atomic E-state index is -0.955. The number of carbonyl (C=O) groups is 2. The second kappa shape index (κ2) is 9.43. The van der Waals surface area contributed by atoms with Crippen molar-refractivity contribution in [1.82, 2.24) is 4.90 Å². The summed E-state index contributed by atoms with van der Waals surface area (Å²) in [5.41, 5.74) is 0.836. The molecule has 0 bridgehead atoms. The first kappa shape index (κ1) is 23.1. The SMILES string of the molecule is COc1cccc(OC)c1/C(O)=C1\C(=O)C(=O)N(CCc2ccc(F)cc2)C1c1ccc(C)o1. The maximum absolute atomic E-state index is 13.3. The Kier molecular flexibility index (Phi) is 6.40. The highest BCUT2D eigenvalue weighted by molar-refractivity contribution is 6.46. The number of likely N-dealkylation sites (tertiary alicyclic amines) is 1. The van der Waals surface area contributed by atoms with Crippen molar-refractivity contribution in [3.8, 4) is 11.5 Å². The Morgan fingerprint density at radius 2 is 1.68 bits per heavy atom. The third-order valence-corrected chi connectivity index (χ3v) is 5.79. The second-order valence-corrected chi connectivity index (χ2v) is 7.85. The third-order valence-electron chi connectivity index (χ3n) is 5.79. The van der Waals surface area contributed by atoms with Crippen molar-refractivity contribution in [2.75, 3.05) is 20.8 Å². The number of halogens is 1. The zero-order chi connectivity index (χ0) is 24.4. The normalized spacial score (nSPS) is 17.3. The molecular formula is C26H24FNO6. The minimum absolute atomic E-state index is 0.124. The molecule has 1 N–H and O–H groups in total. The Bertz CT molecular complexity index is 1240. The van der Waals surface area contributed by atoms with Gasteiger partial charge in [-0.15, -0.1) is 0 Å². The van der Waals surface area contributed by atoms with E-state index in [1.165, 1.54) is 31.3 Å². The van der Waals surface area contributed by atoms with Gasteiger partial charge in [-0.05, 0) is 55.3 Å². The lowest BCUT2D eigenvalue weighted by Gasteiger charge is -2.23. The van der Waals surface area contributed by atoms with E-state index in [2.05, 4.69) is 0 Å². The first-order chi connectivity index (χ1) is 16.3. The number of aryl methyl sites for hydroxylation is 1. The van der Waals surface area contributed by atoms with Crippen LogP contribution in [0.15, 0.2) is 64.6 Å². The predicted molar refractivity (Wildman–Crippen MR) is 122 cm³/mol. The van der Waals surface area contributed by atoms with Gasteiger partial charge in [0.25, 0.3) is 11.7 Å². The number of aliphatic hydroxyl groups is 1. The fraction of sp³-hybridized carbons (Fsp3) is 0.231. The number of nitrogens with zero attached hydrogens (tertiary/aromatic N) is 1. The van der Waals surface area contributed by atoms with Crippen LogP contribution in [0.2, 0.25) is 0 Å². The number of benzene rings is 2. The highest BCUT2D eigenvalue weighted by atomic mass is 19.1. The van der Waals surface area contributed by atoms with Gasteiger partial charge in [-0.2, -0.15) is 0 Å². The fourth-order valence-electron chi connectivity index (χ4n) is 4.13.